The molecule has 14 heavy (non-hydrogen) atoms. The zero-order valence-electron chi connectivity index (χ0n) is 7.50. The van der Waals surface area contributed by atoms with E-state index in [0.717, 1.165) is 10.6 Å². The van der Waals surface area contributed by atoms with Gasteiger partial charge in [0.05, 0.1) is 6.04 Å². The molecule has 0 radical (unpaired) electrons. The first kappa shape index (κ1) is 9.34. The molecule has 1 aromatic rings. The van der Waals surface area contributed by atoms with Gasteiger partial charge in [-0.25, -0.2) is 4.79 Å². The van der Waals surface area contributed by atoms with Crippen LogP contribution < -0.4 is 5.32 Å². The smallest absolute Gasteiger partial charge is 0.407 e. The zero-order chi connectivity index (χ0) is 9.97. The molecule has 4 heteroatoms. The molecule has 1 N–H and O–H groups in total. The maximum atomic E-state index is 10.8. The summed E-state index contributed by atoms with van der Waals surface area (Å²) in [6.45, 7) is 0.421. The Balaban J connectivity index is 2.04. The highest BCUT2D eigenvalue weighted by Gasteiger charge is 2.22. The van der Waals surface area contributed by atoms with Crippen LogP contribution in [0.2, 0.25) is 5.02 Å². The molecular weight excluding hydrogens is 202 g/mol. The Labute approximate surface area is 87.0 Å². The third-order valence-electron chi connectivity index (χ3n) is 2.16. The van der Waals surface area contributed by atoms with E-state index in [1.54, 1.807) is 0 Å². The predicted octanol–water partition coefficient (Wildman–Crippen LogP) is 1.99. The number of rotatable bonds is 2. The Kier molecular flexibility index (Phi) is 2.59. The zero-order valence-corrected chi connectivity index (χ0v) is 8.25. The third kappa shape index (κ3) is 1.99. The normalized spacial score (nSPS) is 20.4. The summed E-state index contributed by atoms with van der Waals surface area (Å²) >= 11 is 5.99. The minimum Gasteiger partial charge on any atom is -0.447 e. The van der Waals surface area contributed by atoms with E-state index in [4.69, 9.17) is 16.3 Å². The van der Waals surface area contributed by atoms with E-state index in [0.29, 0.717) is 13.0 Å². The lowest BCUT2D eigenvalue weighted by Crippen LogP contribution is -2.28. The Morgan fingerprint density at radius 1 is 1.50 bits per heavy atom. The molecule has 0 aliphatic carbocycles. The van der Waals surface area contributed by atoms with Crippen molar-refractivity contribution in [3.8, 4) is 0 Å². The summed E-state index contributed by atoms with van der Waals surface area (Å²) in [4.78, 5) is 10.8. The molecule has 1 aromatic carbocycles. The summed E-state index contributed by atoms with van der Waals surface area (Å²) in [5.41, 5.74) is 1.03. The fraction of sp³-hybridized carbons (Fsp3) is 0.300. The van der Waals surface area contributed by atoms with Crippen molar-refractivity contribution >= 4 is 17.7 Å². The lowest BCUT2D eigenvalue weighted by Gasteiger charge is -2.08. The van der Waals surface area contributed by atoms with Crippen molar-refractivity contribution in [2.45, 2.75) is 12.5 Å². The minimum atomic E-state index is -0.345. The van der Waals surface area contributed by atoms with Gasteiger partial charge >= 0.3 is 6.09 Å². The van der Waals surface area contributed by atoms with Crippen molar-refractivity contribution in [3.63, 3.8) is 0 Å². The van der Waals surface area contributed by atoms with Crippen LogP contribution in [0.15, 0.2) is 24.3 Å². The first-order valence-corrected chi connectivity index (χ1v) is 4.80. The number of amides is 1. The lowest BCUT2D eigenvalue weighted by atomic mass is 10.1. The van der Waals surface area contributed by atoms with Crippen molar-refractivity contribution < 1.29 is 9.53 Å². The van der Waals surface area contributed by atoms with Gasteiger partial charge in [-0.05, 0) is 18.1 Å². The summed E-state index contributed by atoms with van der Waals surface area (Å²) in [5, 5.41) is 3.44. The largest absolute Gasteiger partial charge is 0.447 e. The van der Waals surface area contributed by atoms with Gasteiger partial charge in [-0.1, -0.05) is 29.8 Å². The van der Waals surface area contributed by atoms with Crippen LogP contribution >= 0.6 is 11.6 Å². The topological polar surface area (TPSA) is 38.3 Å². The summed E-state index contributed by atoms with van der Waals surface area (Å²) in [5.74, 6) is 0. The van der Waals surface area contributed by atoms with Gasteiger partial charge in [-0.2, -0.15) is 0 Å². The fourth-order valence-electron chi connectivity index (χ4n) is 1.47. The monoisotopic (exact) mass is 211 g/mol. The van der Waals surface area contributed by atoms with Crippen LogP contribution in [0.5, 0.6) is 0 Å². The first-order chi connectivity index (χ1) is 6.75. The first-order valence-electron chi connectivity index (χ1n) is 4.42. The highest BCUT2D eigenvalue weighted by atomic mass is 35.5. The molecule has 0 bridgehead atoms. The van der Waals surface area contributed by atoms with Gasteiger partial charge in [-0.3, -0.25) is 0 Å². The van der Waals surface area contributed by atoms with Crippen molar-refractivity contribution in [3.05, 3.63) is 34.9 Å². The van der Waals surface area contributed by atoms with Gasteiger partial charge in [0.15, 0.2) is 0 Å². The summed E-state index contributed by atoms with van der Waals surface area (Å²) in [7, 11) is 0. The molecule has 2 rings (SSSR count). The number of alkyl carbamates (subject to hydrolysis) is 1. The maximum Gasteiger partial charge on any atom is 0.407 e. The summed E-state index contributed by atoms with van der Waals surface area (Å²) in [6.07, 6.45) is 0.368. The number of carbonyl (C=O) groups excluding carboxylic acids is 1. The molecule has 1 atom stereocenters. The van der Waals surface area contributed by atoms with Gasteiger partial charge in [0.1, 0.15) is 6.61 Å². The Morgan fingerprint density at radius 2 is 2.29 bits per heavy atom. The minimum absolute atomic E-state index is 0.0439. The molecule has 1 heterocycles. The molecule has 1 saturated heterocycles. The van der Waals surface area contributed by atoms with Gasteiger partial charge < -0.3 is 10.1 Å². The van der Waals surface area contributed by atoms with E-state index in [-0.39, 0.29) is 12.1 Å². The molecule has 0 unspecified atom stereocenters. The molecule has 0 spiro atoms. The van der Waals surface area contributed by atoms with E-state index in [1.165, 1.54) is 0 Å². The Hall–Kier alpha value is -1.22. The second kappa shape index (κ2) is 3.88. The van der Waals surface area contributed by atoms with Crippen LogP contribution in [0.3, 0.4) is 0 Å². The molecule has 1 aliphatic rings. The molecule has 1 fully saturated rings. The van der Waals surface area contributed by atoms with Crippen molar-refractivity contribution in [2.24, 2.45) is 0 Å². The van der Waals surface area contributed by atoms with E-state index < -0.39 is 0 Å². The molecule has 0 saturated carbocycles. The number of benzene rings is 1. The average molecular weight is 212 g/mol. The van der Waals surface area contributed by atoms with Crippen LogP contribution in [0.4, 0.5) is 4.79 Å². The van der Waals surface area contributed by atoms with Gasteiger partial charge in [0.25, 0.3) is 0 Å². The molecule has 3 nitrogen and oxygen atoms in total. The van der Waals surface area contributed by atoms with Crippen LogP contribution in [-0.2, 0) is 11.2 Å². The number of hydrogen-bond acceptors (Lipinski definition) is 2. The van der Waals surface area contributed by atoms with E-state index in [1.807, 2.05) is 24.3 Å². The van der Waals surface area contributed by atoms with E-state index in [2.05, 4.69) is 5.32 Å². The second-order valence-electron chi connectivity index (χ2n) is 3.24. The Morgan fingerprint density at radius 3 is 2.93 bits per heavy atom. The van der Waals surface area contributed by atoms with Gasteiger partial charge in [0, 0.05) is 5.02 Å². The quantitative estimate of drug-likeness (QED) is 0.813. The predicted molar refractivity (Wildman–Crippen MR) is 53.4 cm³/mol. The fourth-order valence-corrected chi connectivity index (χ4v) is 1.68. The van der Waals surface area contributed by atoms with Gasteiger partial charge in [0.2, 0.25) is 0 Å². The lowest BCUT2D eigenvalue weighted by molar-refractivity contribution is 0.177. The second-order valence-corrected chi connectivity index (χ2v) is 3.64. The molecule has 1 aliphatic heterocycles. The molecule has 1 amide bonds. The number of nitrogens with one attached hydrogen (secondary N) is 1. The maximum absolute atomic E-state index is 10.8. The van der Waals surface area contributed by atoms with Crippen LogP contribution in [-0.4, -0.2) is 18.7 Å². The van der Waals surface area contributed by atoms with Crippen LogP contribution in [0.1, 0.15) is 5.56 Å². The number of ether oxygens (including phenoxy) is 1. The number of cyclic esters (lactones) is 1. The number of hydrogen-bond donors (Lipinski definition) is 1. The van der Waals surface area contributed by atoms with Gasteiger partial charge in [-0.15, -0.1) is 0 Å². The van der Waals surface area contributed by atoms with Crippen molar-refractivity contribution in [1.29, 1.82) is 0 Å². The highest BCUT2D eigenvalue weighted by molar-refractivity contribution is 6.31. The summed E-state index contributed by atoms with van der Waals surface area (Å²) in [6, 6.07) is 7.65. The van der Waals surface area contributed by atoms with Crippen LogP contribution in [0, 0.1) is 0 Å². The Bertz CT molecular complexity index is 354. The van der Waals surface area contributed by atoms with E-state index in [9.17, 15) is 4.79 Å². The SMILES string of the molecule is O=C1N[C@H](Cc2ccccc2Cl)CO1. The third-order valence-corrected chi connectivity index (χ3v) is 2.53. The summed E-state index contributed by atoms with van der Waals surface area (Å²) < 4.78 is 4.78. The highest BCUT2D eigenvalue weighted by Crippen LogP contribution is 2.17. The molecular formula is C10H10ClNO2. The number of carbonyl (C=O) groups is 1. The molecule has 0 aromatic heterocycles. The van der Waals surface area contributed by atoms with E-state index >= 15 is 0 Å². The molecule has 74 valence electrons. The van der Waals surface area contributed by atoms with Crippen molar-refractivity contribution in [2.75, 3.05) is 6.61 Å². The number of halogens is 1. The standard InChI is InChI=1S/C10H10ClNO2/c11-9-4-2-1-3-7(9)5-8-6-14-10(13)12-8/h1-4,8H,5-6H2,(H,12,13)/t8-/m1/s1. The van der Waals surface area contributed by atoms with Crippen molar-refractivity contribution in [1.82, 2.24) is 5.32 Å². The van der Waals surface area contributed by atoms with Crippen LogP contribution in [0.25, 0.3) is 0 Å². The average Bonchev–Trinajstić information content (AvgIpc) is 2.56.